The number of benzene rings is 7. The Labute approximate surface area is 284 Å². The number of fused-ring (bicyclic) bond motifs is 5. The van der Waals surface area contributed by atoms with Gasteiger partial charge in [0.05, 0.1) is 31.9 Å². The van der Waals surface area contributed by atoms with Crippen LogP contribution in [0.3, 0.4) is 0 Å². The Hall–Kier alpha value is -6.04. The second-order valence-electron chi connectivity index (χ2n) is 12.7. The van der Waals surface area contributed by atoms with E-state index in [0.717, 1.165) is 22.5 Å². The summed E-state index contributed by atoms with van der Waals surface area (Å²) in [5.41, 5.74) is 11.2. The van der Waals surface area contributed by atoms with Crippen molar-refractivity contribution >= 4 is 20.9 Å². The van der Waals surface area contributed by atoms with Gasteiger partial charge in [-0.25, -0.2) is 13.4 Å². The molecule has 1 aromatic heterocycles. The van der Waals surface area contributed by atoms with Crippen molar-refractivity contribution in [1.29, 1.82) is 0 Å². The van der Waals surface area contributed by atoms with Crippen LogP contribution in [0.4, 0.5) is 0 Å². The highest BCUT2D eigenvalue weighted by Gasteiger charge is 2.46. The topological polar surface area (TPSA) is 52.0 Å². The smallest absolute Gasteiger partial charge is 0.210 e. The van der Waals surface area contributed by atoms with Crippen LogP contribution in [0, 0.1) is 0 Å². The summed E-state index contributed by atoms with van der Waals surface area (Å²) in [7, 11) is -3.83. The van der Waals surface area contributed by atoms with E-state index in [9.17, 15) is 8.42 Å². The van der Waals surface area contributed by atoms with Gasteiger partial charge in [0.2, 0.25) is 9.84 Å². The zero-order valence-electron chi connectivity index (χ0n) is 26.3. The summed E-state index contributed by atoms with van der Waals surface area (Å²) in [5.74, 6) is 0.720. The molecule has 0 saturated heterocycles. The molecule has 2 heterocycles. The molecule has 10 rings (SSSR count). The van der Waals surface area contributed by atoms with Crippen LogP contribution in [0.15, 0.2) is 180 Å². The van der Waals surface area contributed by atoms with Gasteiger partial charge in [0, 0.05) is 5.56 Å². The zero-order chi connectivity index (χ0) is 32.7. The first-order valence-electron chi connectivity index (χ1n) is 16.4. The molecule has 0 unspecified atom stereocenters. The van der Waals surface area contributed by atoms with Crippen molar-refractivity contribution in [1.82, 2.24) is 9.55 Å². The predicted molar refractivity (Wildman–Crippen MR) is 195 cm³/mol. The molecule has 1 aliphatic heterocycles. The van der Waals surface area contributed by atoms with E-state index in [1.807, 2.05) is 59.2 Å². The van der Waals surface area contributed by atoms with Crippen LogP contribution >= 0.6 is 0 Å². The number of para-hydroxylation sites is 1. The fraction of sp³-hybridized carbons (Fsp3) is 0.0227. The molecule has 4 nitrogen and oxygen atoms in total. The van der Waals surface area contributed by atoms with Crippen molar-refractivity contribution < 1.29 is 8.42 Å². The van der Waals surface area contributed by atoms with Crippen LogP contribution in [0.25, 0.3) is 50.4 Å². The quantitative estimate of drug-likeness (QED) is 0.191. The maximum Gasteiger partial charge on any atom is 0.210 e. The molecule has 49 heavy (non-hydrogen) atoms. The van der Waals surface area contributed by atoms with Gasteiger partial charge in [-0.1, -0.05) is 140 Å². The summed E-state index contributed by atoms with van der Waals surface area (Å²) in [6.45, 7) is 0. The van der Waals surface area contributed by atoms with Crippen molar-refractivity contribution in [3.63, 3.8) is 0 Å². The van der Waals surface area contributed by atoms with E-state index >= 15 is 0 Å². The number of hydrogen-bond acceptors (Lipinski definition) is 3. The lowest BCUT2D eigenvalue weighted by molar-refractivity contribution is 0.594. The van der Waals surface area contributed by atoms with Crippen LogP contribution in [0.1, 0.15) is 22.3 Å². The summed E-state index contributed by atoms with van der Waals surface area (Å²) in [5, 5.41) is 0. The van der Waals surface area contributed by atoms with Gasteiger partial charge in [0.15, 0.2) is 0 Å². The van der Waals surface area contributed by atoms with E-state index in [1.165, 1.54) is 33.4 Å². The average molecular weight is 649 g/mol. The molecular weight excluding hydrogens is 621 g/mol. The summed E-state index contributed by atoms with van der Waals surface area (Å²) in [4.78, 5) is 5.49. The molecule has 5 heteroatoms. The Bertz CT molecular complexity index is 2680. The normalized spacial score (nSPS) is 14.6. The van der Waals surface area contributed by atoms with Gasteiger partial charge in [0.1, 0.15) is 5.82 Å². The number of sulfone groups is 1. The van der Waals surface area contributed by atoms with Crippen molar-refractivity contribution in [2.24, 2.45) is 0 Å². The average Bonchev–Trinajstić information content (AvgIpc) is 3.70. The highest BCUT2D eigenvalue weighted by molar-refractivity contribution is 7.92. The lowest BCUT2D eigenvalue weighted by atomic mass is 9.67. The molecule has 0 amide bonds. The van der Waals surface area contributed by atoms with E-state index < -0.39 is 15.3 Å². The Morgan fingerprint density at radius 3 is 1.84 bits per heavy atom. The predicted octanol–water partition coefficient (Wildman–Crippen LogP) is 9.87. The summed E-state index contributed by atoms with van der Waals surface area (Å²) < 4.78 is 30.8. The summed E-state index contributed by atoms with van der Waals surface area (Å²) in [6.07, 6.45) is 0. The third-order valence-corrected chi connectivity index (χ3v) is 12.1. The number of nitrogens with zero attached hydrogens (tertiary/aromatic N) is 2. The third-order valence-electron chi connectivity index (χ3n) is 10.2. The molecule has 0 atom stereocenters. The van der Waals surface area contributed by atoms with Gasteiger partial charge in [-0.15, -0.1) is 0 Å². The van der Waals surface area contributed by atoms with E-state index in [1.54, 1.807) is 12.1 Å². The molecule has 0 radical (unpaired) electrons. The summed E-state index contributed by atoms with van der Waals surface area (Å²) in [6, 6.07) is 57.8. The van der Waals surface area contributed by atoms with Crippen LogP contribution in [-0.4, -0.2) is 18.0 Å². The van der Waals surface area contributed by atoms with Gasteiger partial charge in [-0.05, 0) is 74.8 Å². The van der Waals surface area contributed by atoms with Crippen molar-refractivity contribution in [3.8, 4) is 39.3 Å². The Morgan fingerprint density at radius 2 is 1.10 bits per heavy atom. The molecule has 7 aromatic carbocycles. The van der Waals surface area contributed by atoms with Crippen LogP contribution in [0.5, 0.6) is 0 Å². The Kier molecular flexibility index (Phi) is 5.85. The minimum atomic E-state index is -3.83. The SMILES string of the molecule is O=S1(=O)c2cc(-c3ccc4c(c3)C(c3ccccc3)(c3ccccc3)c3ccccc3-4)ccc2-n2c(-c3ccccc3)nc3cccc1c32. The largest absolute Gasteiger partial charge is 0.290 e. The monoisotopic (exact) mass is 648 g/mol. The maximum atomic E-state index is 14.4. The lowest BCUT2D eigenvalue weighted by Crippen LogP contribution is -2.28. The number of hydrogen-bond donors (Lipinski definition) is 0. The minimum Gasteiger partial charge on any atom is -0.290 e. The first-order chi connectivity index (χ1) is 24.1. The van der Waals surface area contributed by atoms with Gasteiger partial charge >= 0.3 is 0 Å². The van der Waals surface area contributed by atoms with Crippen molar-refractivity contribution in [3.05, 3.63) is 192 Å². The fourth-order valence-corrected chi connectivity index (χ4v) is 9.83. The molecule has 0 saturated carbocycles. The van der Waals surface area contributed by atoms with E-state index in [4.69, 9.17) is 4.98 Å². The molecule has 2 aliphatic rings. The first-order valence-corrected chi connectivity index (χ1v) is 17.9. The molecular formula is C44H28N2O2S. The molecule has 0 bridgehead atoms. The molecule has 8 aromatic rings. The molecule has 0 spiro atoms. The van der Waals surface area contributed by atoms with E-state index in [0.29, 0.717) is 16.7 Å². The van der Waals surface area contributed by atoms with Crippen LogP contribution < -0.4 is 0 Å². The number of aromatic nitrogens is 2. The highest BCUT2D eigenvalue weighted by Crippen LogP contribution is 2.56. The number of rotatable bonds is 4. The Morgan fingerprint density at radius 1 is 0.490 bits per heavy atom. The van der Waals surface area contributed by atoms with Gasteiger partial charge in [-0.3, -0.25) is 4.57 Å². The third kappa shape index (κ3) is 3.79. The second kappa shape index (κ2) is 10.2. The van der Waals surface area contributed by atoms with E-state index in [-0.39, 0.29) is 9.79 Å². The molecule has 0 fully saturated rings. The van der Waals surface area contributed by atoms with Crippen molar-refractivity contribution in [2.75, 3.05) is 0 Å². The van der Waals surface area contributed by atoms with Gasteiger partial charge < -0.3 is 0 Å². The summed E-state index contributed by atoms with van der Waals surface area (Å²) >= 11 is 0. The molecule has 1 aliphatic carbocycles. The second-order valence-corrected chi connectivity index (χ2v) is 14.6. The molecule has 0 N–H and O–H groups in total. The van der Waals surface area contributed by atoms with Gasteiger partial charge in [-0.2, -0.15) is 0 Å². The fourth-order valence-electron chi connectivity index (χ4n) is 8.16. The Balaban J connectivity index is 1.22. The van der Waals surface area contributed by atoms with Crippen molar-refractivity contribution in [2.45, 2.75) is 15.2 Å². The standard InChI is InChI=1S/C44H28N2O2S/c47-49(48)40-22-12-21-38-42(40)46(43(45-38)29-13-4-1-5-14-29)39-26-24-31(28-41(39)49)30-23-25-35-34-19-10-11-20-36(34)44(37(35)27-30,32-15-6-2-7-16-32)33-17-8-3-9-18-33/h1-28H. The van der Waals surface area contributed by atoms with Crippen LogP contribution in [-0.2, 0) is 15.3 Å². The molecule has 232 valence electrons. The highest BCUT2D eigenvalue weighted by atomic mass is 32.2. The van der Waals surface area contributed by atoms with E-state index in [2.05, 4.69) is 103 Å². The zero-order valence-corrected chi connectivity index (χ0v) is 27.1. The van der Waals surface area contributed by atoms with Gasteiger partial charge in [0.25, 0.3) is 0 Å². The lowest BCUT2D eigenvalue weighted by Gasteiger charge is -2.34. The maximum absolute atomic E-state index is 14.4. The first kappa shape index (κ1) is 28.0. The number of imidazole rings is 1. The van der Waals surface area contributed by atoms with Crippen LogP contribution in [0.2, 0.25) is 0 Å². The minimum absolute atomic E-state index is 0.279.